The highest BCUT2D eigenvalue weighted by atomic mass is 32.1. The SMILES string of the molecule is CCOCCNCCN(Cc1cccs1)C1CC1. The fourth-order valence-corrected chi connectivity index (χ4v) is 2.80. The highest BCUT2D eigenvalue weighted by molar-refractivity contribution is 7.09. The van der Waals surface area contributed by atoms with Crippen LogP contribution in [0.15, 0.2) is 17.5 Å². The maximum Gasteiger partial charge on any atom is 0.0590 e. The highest BCUT2D eigenvalue weighted by Crippen LogP contribution is 2.28. The lowest BCUT2D eigenvalue weighted by atomic mass is 10.4. The second kappa shape index (κ2) is 7.89. The zero-order valence-corrected chi connectivity index (χ0v) is 12.0. The summed E-state index contributed by atoms with van der Waals surface area (Å²) in [5.41, 5.74) is 0. The Morgan fingerprint density at radius 1 is 1.44 bits per heavy atom. The average molecular weight is 268 g/mol. The van der Waals surface area contributed by atoms with E-state index in [0.29, 0.717) is 0 Å². The third-order valence-corrected chi connectivity index (χ3v) is 4.07. The molecule has 0 spiro atoms. The van der Waals surface area contributed by atoms with Gasteiger partial charge in [-0.25, -0.2) is 0 Å². The van der Waals surface area contributed by atoms with E-state index in [0.717, 1.165) is 45.4 Å². The molecule has 1 saturated carbocycles. The third-order valence-electron chi connectivity index (χ3n) is 3.21. The van der Waals surface area contributed by atoms with E-state index < -0.39 is 0 Å². The van der Waals surface area contributed by atoms with Crippen LogP contribution in [0.5, 0.6) is 0 Å². The standard InChI is InChI=1S/C14H24N2OS/c1-2-17-10-8-15-7-9-16(13-5-6-13)12-14-4-3-11-18-14/h3-4,11,13,15H,2,5-10,12H2,1H3. The molecule has 0 amide bonds. The van der Waals surface area contributed by atoms with Gasteiger partial charge in [-0.15, -0.1) is 11.3 Å². The van der Waals surface area contributed by atoms with Crippen molar-refractivity contribution >= 4 is 11.3 Å². The van der Waals surface area contributed by atoms with Crippen LogP contribution in [-0.4, -0.2) is 43.8 Å². The first-order valence-corrected chi connectivity index (χ1v) is 7.83. The normalized spacial score (nSPS) is 15.4. The second-order valence-corrected chi connectivity index (χ2v) is 5.76. The number of ether oxygens (including phenoxy) is 1. The average Bonchev–Trinajstić information content (AvgIpc) is 3.10. The fourth-order valence-electron chi connectivity index (χ4n) is 2.07. The Bertz CT molecular complexity index is 312. The molecule has 1 aromatic heterocycles. The molecule has 4 heteroatoms. The van der Waals surface area contributed by atoms with Crippen LogP contribution < -0.4 is 5.32 Å². The van der Waals surface area contributed by atoms with Crippen LogP contribution in [0.3, 0.4) is 0 Å². The zero-order chi connectivity index (χ0) is 12.6. The van der Waals surface area contributed by atoms with Crippen molar-refractivity contribution in [2.24, 2.45) is 0 Å². The minimum Gasteiger partial charge on any atom is -0.380 e. The van der Waals surface area contributed by atoms with E-state index in [4.69, 9.17) is 4.74 Å². The Kier molecular flexibility index (Phi) is 6.14. The predicted octanol–water partition coefficient (Wildman–Crippen LogP) is 2.34. The van der Waals surface area contributed by atoms with Crippen molar-refractivity contribution in [1.82, 2.24) is 10.2 Å². The molecule has 1 aliphatic carbocycles. The molecule has 18 heavy (non-hydrogen) atoms. The Labute approximate surface area is 114 Å². The molecule has 3 nitrogen and oxygen atoms in total. The molecule has 1 fully saturated rings. The lowest BCUT2D eigenvalue weighted by Gasteiger charge is -2.21. The predicted molar refractivity (Wildman–Crippen MR) is 77.1 cm³/mol. The number of nitrogens with zero attached hydrogens (tertiary/aromatic N) is 1. The van der Waals surface area contributed by atoms with Crippen LogP contribution in [0.2, 0.25) is 0 Å². The first kappa shape index (κ1) is 14.0. The summed E-state index contributed by atoms with van der Waals surface area (Å²) >= 11 is 1.86. The van der Waals surface area contributed by atoms with Crippen LogP contribution in [0.1, 0.15) is 24.6 Å². The Balaban J connectivity index is 1.61. The summed E-state index contributed by atoms with van der Waals surface area (Å²) in [4.78, 5) is 4.09. The van der Waals surface area contributed by atoms with Crippen LogP contribution in [0.25, 0.3) is 0 Å². The minimum absolute atomic E-state index is 0.814. The summed E-state index contributed by atoms with van der Waals surface area (Å²) in [6.07, 6.45) is 2.76. The summed E-state index contributed by atoms with van der Waals surface area (Å²) in [7, 11) is 0. The van der Waals surface area contributed by atoms with Gasteiger partial charge in [0.2, 0.25) is 0 Å². The van der Waals surface area contributed by atoms with Gasteiger partial charge in [-0.3, -0.25) is 4.90 Å². The van der Waals surface area contributed by atoms with Crippen molar-refractivity contribution < 1.29 is 4.74 Å². The van der Waals surface area contributed by atoms with E-state index in [2.05, 4.69) is 27.7 Å². The van der Waals surface area contributed by atoms with Gasteiger partial charge >= 0.3 is 0 Å². The molecule has 0 atom stereocenters. The molecule has 0 radical (unpaired) electrons. The molecule has 1 N–H and O–H groups in total. The number of hydrogen-bond donors (Lipinski definition) is 1. The monoisotopic (exact) mass is 268 g/mol. The molecule has 0 aromatic carbocycles. The fraction of sp³-hybridized carbons (Fsp3) is 0.714. The van der Waals surface area contributed by atoms with Crippen molar-refractivity contribution in [2.45, 2.75) is 32.4 Å². The van der Waals surface area contributed by atoms with Crippen molar-refractivity contribution in [2.75, 3.05) is 32.8 Å². The van der Waals surface area contributed by atoms with Gasteiger partial charge in [0.15, 0.2) is 0 Å². The maximum absolute atomic E-state index is 5.31. The van der Waals surface area contributed by atoms with Crippen molar-refractivity contribution in [3.05, 3.63) is 22.4 Å². The molecular formula is C14H24N2OS. The summed E-state index contributed by atoms with van der Waals surface area (Å²) in [6.45, 7) is 7.97. The summed E-state index contributed by atoms with van der Waals surface area (Å²) in [6, 6.07) is 5.22. The van der Waals surface area contributed by atoms with E-state index in [1.807, 2.05) is 18.3 Å². The number of thiophene rings is 1. The molecule has 2 rings (SSSR count). The van der Waals surface area contributed by atoms with E-state index in [1.54, 1.807) is 0 Å². The molecule has 1 heterocycles. The topological polar surface area (TPSA) is 24.5 Å². The van der Waals surface area contributed by atoms with Gasteiger partial charge in [0.25, 0.3) is 0 Å². The molecule has 0 bridgehead atoms. The van der Waals surface area contributed by atoms with Gasteiger partial charge in [0, 0.05) is 43.7 Å². The molecule has 0 unspecified atom stereocenters. The van der Waals surface area contributed by atoms with Crippen LogP contribution in [-0.2, 0) is 11.3 Å². The van der Waals surface area contributed by atoms with Crippen molar-refractivity contribution in [3.63, 3.8) is 0 Å². The van der Waals surface area contributed by atoms with Gasteiger partial charge in [-0.2, -0.15) is 0 Å². The lowest BCUT2D eigenvalue weighted by Crippen LogP contribution is -2.34. The zero-order valence-electron chi connectivity index (χ0n) is 11.2. The summed E-state index contributed by atoms with van der Waals surface area (Å²) in [5, 5.41) is 5.62. The van der Waals surface area contributed by atoms with Gasteiger partial charge in [0.05, 0.1) is 6.61 Å². The Morgan fingerprint density at radius 3 is 3.00 bits per heavy atom. The molecule has 0 saturated heterocycles. The summed E-state index contributed by atoms with van der Waals surface area (Å²) < 4.78 is 5.31. The van der Waals surface area contributed by atoms with Gasteiger partial charge in [0.1, 0.15) is 0 Å². The van der Waals surface area contributed by atoms with Crippen LogP contribution in [0, 0.1) is 0 Å². The van der Waals surface area contributed by atoms with Crippen LogP contribution >= 0.6 is 11.3 Å². The van der Waals surface area contributed by atoms with E-state index in [9.17, 15) is 0 Å². The Hall–Kier alpha value is -0.420. The largest absolute Gasteiger partial charge is 0.380 e. The minimum atomic E-state index is 0.814. The molecule has 1 aromatic rings. The quantitative estimate of drug-likeness (QED) is 0.659. The number of hydrogen-bond acceptors (Lipinski definition) is 4. The van der Waals surface area contributed by atoms with Crippen LogP contribution in [0.4, 0.5) is 0 Å². The number of nitrogens with one attached hydrogen (secondary N) is 1. The molecule has 102 valence electrons. The van der Waals surface area contributed by atoms with Gasteiger partial charge in [-0.1, -0.05) is 6.07 Å². The smallest absolute Gasteiger partial charge is 0.0590 e. The van der Waals surface area contributed by atoms with Crippen molar-refractivity contribution in [1.29, 1.82) is 0 Å². The first-order chi connectivity index (χ1) is 8.90. The maximum atomic E-state index is 5.31. The second-order valence-electron chi connectivity index (χ2n) is 4.73. The first-order valence-electron chi connectivity index (χ1n) is 6.95. The van der Waals surface area contributed by atoms with Gasteiger partial charge < -0.3 is 10.1 Å². The third kappa shape index (κ3) is 5.06. The van der Waals surface area contributed by atoms with Crippen molar-refractivity contribution in [3.8, 4) is 0 Å². The van der Waals surface area contributed by atoms with E-state index in [-0.39, 0.29) is 0 Å². The number of rotatable bonds is 10. The molecular weight excluding hydrogens is 244 g/mol. The molecule has 0 aliphatic heterocycles. The van der Waals surface area contributed by atoms with E-state index >= 15 is 0 Å². The summed E-state index contributed by atoms with van der Waals surface area (Å²) in [5.74, 6) is 0. The molecule has 1 aliphatic rings. The Morgan fingerprint density at radius 2 is 2.33 bits per heavy atom. The highest BCUT2D eigenvalue weighted by Gasteiger charge is 2.28. The van der Waals surface area contributed by atoms with Gasteiger partial charge in [-0.05, 0) is 31.2 Å². The van der Waals surface area contributed by atoms with E-state index in [1.165, 1.54) is 17.7 Å². The lowest BCUT2D eigenvalue weighted by molar-refractivity contribution is 0.148.